The zero-order valence-electron chi connectivity index (χ0n) is 18.6. The van der Waals surface area contributed by atoms with Gasteiger partial charge in [0, 0.05) is 22.2 Å². The summed E-state index contributed by atoms with van der Waals surface area (Å²) in [6, 6.07) is 12.5. The van der Waals surface area contributed by atoms with E-state index in [0.717, 1.165) is 33.2 Å². The molecule has 0 fully saturated rings. The van der Waals surface area contributed by atoms with Crippen molar-refractivity contribution in [2.75, 3.05) is 18.5 Å². The summed E-state index contributed by atoms with van der Waals surface area (Å²) < 4.78 is 11.5. The molecule has 160 valence electrons. The van der Waals surface area contributed by atoms with Crippen LogP contribution in [0.4, 0.5) is 11.5 Å². The first-order valence-electron chi connectivity index (χ1n) is 10.5. The minimum atomic E-state index is 0.571. The molecule has 0 aliphatic rings. The number of hydrogen-bond acceptors (Lipinski definition) is 6. The number of aromatic nitrogens is 2. The minimum absolute atomic E-state index is 0.571. The van der Waals surface area contributed by atoms with Gasteiger partial charge in [0.15, 0.2) is 11.5 Å². The van der Waals surface area contributed by atoms with E-state index < -0.39 is 0 Å². The highest BCUT2D eigenvalue weighted by molar-refractivity contribution is 7.19. The predicted molar refractivity (Wildman–Crippen MR) is 129 cm³/mol. The van der Waals surface area contributed by atoms with Crippen molar-refractivity contribution in [1.82, 2.24) is 9.97 Å². The van der Waals surface area contributed by atoms with Gasteiger partial charge < -0.3 is 14.8 Å². The highest BCUT2D eigenvalue weighted by atomic mass is 32.1. The topological polar surface area (TPSA) is 56.3 Å². The largest absolute Gasteiger partial charge is 0.490 e. The van der Waals surface area contributed by atoms with E-state index in [-0.39, 0.29) is 0 Å². The van der Waals surface area contributed by atoms with Gasteiger partial charge in [-0.1, -0.05) is 18.2 Å². The number of rotatable bonds is 7. The summed E-state index contributed by atoms with van der Waals surface area (Å²) >= 11 is 1.69. The lowest BCUT2D eigenvalue weighted by Crippen LogP contribution is -2.00. The molecule has 4 rings (SSSR count). The Bertz CT molecular complexity index is 1230. The van der Waals surface area contributed by atoms with E-state index in [1.807, 2.05) is 32.0 Å². The summed E-state index contributed by atoms with van der Waals surface area (Å²) in [5.74, 6) is 2.25. The first-order chi connectivity index (χ1) is 15.0. The van der Waals surface area contributed by atoms with Crippen LogP contribution in [0, 0.1) is 20.8 Å². The molecule has 0 radical (unpaired) electrons. The molecule has 1 N–H and O–H groups in total. The van der Waals surface area contributed by atoms with Crippen molar-refractivity contribution in [2.24, 2.45) is 0 Å². The quantitative estimate of drug-likeness (QED) is 0.346. The first-order valence-corrected chi connectivity index (χ1v) is 11.3. The average molecular weight is 434 g/mol. The Morgan fingerprint density at radius 3 is 2.39 bits per heavy atom. The second kappa shape index (κ2) is 8.94. The van der Waals surface area contributed by atoms with Crippen molar-refractivity contribution in [3.05, 3.63) is 58.7 Å². The molecular weight excluding hydrogens is 406 g/mol. The van der Waals surface area contributed by atoms with Gasteiger partial charge in [0.25, 0.3) is 0 Å². The molecule has 0 saturated carbocycles. The standard InChI is InChI=1S/C25H27N3O2S/c1-6-29-20-11-10-19(13-21(20)30-7-2)28-24-23-22(17(5)31-25(23)27-14-26-24)18-9-8-15(3)16(4)12-18/h8-14H,6-7H2,1-5H3,(H,26,27,28). The van der Waals surface area contributed by atoms with Crippen molar-refractivity contribution >= 4 is 33.1 Å². The van der Waals surface area contributed by atoms with E-state index in [9.17, 15) is 0 Å². The Hall–Kier alpha value is -3.12. The van der Waals surface area contributed by atoms with Gasteiger partial charge >= 0.3 is 0 Å². The number of nitrogens with one attached hydrogen (secondary N) is 1. The summed E-state index contributed by atoms with van der Waals surface area (Å²) in [6.45, 7) is 11.5. The lowest BCUT2D eigenvalue weighted by Gasteiger charge is -2.14. The number of benzene rings is 2. The van der Waals surface area contributed by atoms with Crippen LogP contribution in [0.5, 0.6) is 11.5 Å². The van der Waals surface area contributed by atoms with Gasteiger partial charge in [-0.15, -0.1) is 11.3 Å². The van der Waals surface area contributed by atoms with Crippen molar-refractivity contribution in [1.29, 1.82) is 0 Å². The molecule has 2 aromatic heterocycles. The van der Waals surface area contributed by atoms with Crippen LogP contribution in [0.2, 0.25) is 0 Å². The third-order valence-corrected chi connectivity index (χ3v) is 6.28. The van der Waals surface area contributed by atoms with E-state index in [4.69, 9.17) is 9.47 Å². The average Bonchev–Trinajstić information content (AvgIpc) is 3.09. The van der Waals surface area contributed by atoms with Crippen LogP contribution in [0.15, 0.2) is 42.7 Å². The minimum Gasteiger partial charge on any atom is -0.490 e. The van der Waals surface area contributed by atoms with Crippen LogP contribution in [0.3, 0.4) is 0 Å². The van der Waals surface area contributed by atoms with Gasteiger partial charge in [-0.05, 0) is 63.4 Å². The summed E-state index contributed by atoms with van der Waals surface area (Å²) in [5, 5.41) is 4.53. The van der Waals surface area contributed by atoms with E-state index in [2.05, 4.69) is 54.3 Å². The smallest absolute Gasteiger partial charge is 0.163 e. The molecule has 0 atom stereocenters. The SMILES string of the molecule is CCOc1ccc(Nc2ncnc3sc(C)c(-c4ccc(C)c(C)c4)c23)cc1OCC. The summed E-state index contributed by atoms with van der Waals surface area (Å²) in [6.07, 6.45) is 1.61. The van der Waals surface area contributed by atoms with E-state index >= 15 is 0 Å². The van der Waals surface area contributed by atoms with Crippen molar-refractivity contribution in [2.45, 2.75) is 34.6 Å². The third-order valence-electron chi connectivity index (χ3n) is 5.27. The van der Waals surface area contributed by atoms with Crippen molar-refractivity contribution in [3.8, 4) is 22.6 Å². The van der Waals surface area contributed by atoms with Gasteiger partial charge in [-0.3, -0.25) is 0 Å². The fraction of sp³-hybridized carbons (Fsp3) is 0.280. The molecule has 2 aromatic carbocycles. The highest BCUT2D eigenvalue weighted by Crippen LogP contribution is 2.42. The molecule has 0 aliphatic heterocycles. The fourth-order valence-electron chi connectivity index (χ4n) is 3.65. The molecular formula is C25H27N3O2S. The number of ether oxygens (including phenoxy) is 2. The van der Waals surface area contributed by atoms with Crippen LogP contribution < -0.4 is 14.8 Å². The Morgan fingerprint density at radius 1 is 0.871 bits per heavy atom. The Kier molecular flexibility index (Phi) is 6.09. The van der Waals surface area contributed by atoms with Crippen molar-refractivity contribution in [3.63, 3.8) is 0 Å². The van der Waals surface area contributed by atoms with Gasteiger partial charge in [0.05, 0.1) is 18.6 Å². The van der Waals surface area contributed by atoms with E-state index in [0.29, 0.717) is 13.2 Å². The van der Waals surface area contributed by atoms with Crippen molar-refractivity contribution < 1.29 is 9.47 Å². The zero-order chi connectivity index (χ0) is 22.0. The van der Waals surface area contributed by atoms with Crippen LogP contribution in [-0.2, 0) is 0 Å². The second-order valence-electron chi connectivity index (χ2n) is 7.39. The number of anilines is 2. The fourth-order valence-corrected chi connectivity index (χ4v) is 4.66. The Morgan fingerprint density at radius 2 is 1.65 bits per heavy atom. The number of thiophene rings is 1. The van der Waals surface area contributed by atoms with Crippen LogP contribution >= 0.6 is 11.3 Å². The lowest BCUT2D eigenvalue weighted by atomic mass is 9.99. The Labute approximate surface area is 187 Å². The summed E-state index contributed by atoms with van der Waals surface area (Å²) in [7, 11) is 0. The number of nitrogens with zero attached hydrogens (tertiary/aromatic N) is 2. The third kappa shape index (κ3) is 4.21. The summed E-state index contributed by atoms with van der Waals surface area (Å²) in [5.41, 5.74) is 5.82. The van der Waals surface area contributed by atoms with Gasteiger partial charge in [-0.25, -0.2) is 9.97 Å². The molecule has 0 unspecified atom stereocenters. The number of fused-ring (bicyclic) bond motifs is 1. The molecule has 6 heteroatoms. The maximum atomic E-state index is 5.78. The maximum Gasteiger partial charge on any atom is 0.163 e. The van der Waals surface area contributed by atoms with Gasteiger partial charge in [0.2, 0.25) is 0 Å². The Balaban J connectivity index is 1.80. The molecule has 31 heavy (non-hydrogen) atoms. The number of hydrogen-bond donors (Lipinski definition) is 1. The van der Waals surface area contributed by atoms with Gasteiger partial charge in [0.1, 0.15) is 17.0 Å². The molecule has 5 nitrogen and oxygen atoms in total. The molecule has 2 heterocycles. The van der Waals surface area contributed by atoms with E-state index in [1.54, 1.807) is 17.7 Å². The molecule has 4 aromatic rings. The monoisotopic (exact) mass is 433 g/mol. The lowest BCUT2D eigenvalue weighted by molar-refractivity contribution is 0.288. The maximum absolute atomic E-state index is 5.78. The molecule has 0 aliphatic carbocycles. The summed E-state index contributed by atoms with van der Waals surface area (Å²) in [4.78, 5) is 11.3. The zero-order valence-corrected chi connectivity index (χ0v) is 19.4. The van der Waals surface area contributed by atoms with Crippen LogP contribution in [0.25, 0.3) is 21.3 Å². The predicted octanol–water partition coefficient (Wildman–Crippen LogP) is 6.82. The molecule has 0 amide bonds. The molecule has 0 bridgehead atoms. The normalized spacial score (nSPS) is 11.0. The second-order valence-corrected chi connectivity index (χ2v) is 8.59. The van der Waals surface area contributed by atoms with E-state index in [1.165, 1.54) is 27.1 Å². The van der Waals surface area contributed by atoms with Crippen LogP contribution in [0.1, 0.15) is 29.9 Å². The molecule has 0 saturated heterocycles. The molecule has 0 spiro atoms. The van der Waals surface area contributed by atoms with Crippen LogP contribution in [-0.4, -0.2) is 23.2 Å². The highest BCUT2D eigenvalue weighted by Gasteiger charge is 2.18. The van der Waals surface area contributed by atoms with Gasteiger partial charge in [-0.2, -0.15) is 0 Å². The number of aryl methyl sites for hydroxylation is 3. The first kappa shape index (κ1) is 21.1.